The van der Waals surface area contributed by atoms with Gasteiger partial charge in [0.25, 0.3) is 0 Å². The summed E-state index contributed by atoms with van der Waals surface area (Å²) in [6.07, 6.45) is 6.17. The third-order valence-corrected chi connectivity index (χ3v) is 3.93. The van der Waals surface area contributed by atoms with Gasteiger partial charge in [0.2, 0.25) is 0 Å². The fourth-order valence-electron chi connectivity index (χ4n) is 1.27. The van der Waals surface area contributed by atoms with E-state index < -0.39 is 23.9 Å². The number of nitrogens with two attached hydrogens (primary N) is 1. The van der Waals surface area contributed by atoms with E-state index in [4.69, 9.17) is 15.9 Å². The van der Waals surface area contributed by atoms with Gasteiger partial charge in [0.05, 0.1) is 5.92 Å². The van der Waals surface area contributed by atoms with Crippen LogP contribution in [0.1, 0.15) is 19.3 Å². The minimum absolute atomic E-state index is 0.0688. The molecule has 0 heterocycles. The Hall–Kier alpha value is -0.990. The Morgan fingerprint density at radius 1 is 1.09 bits per heavy atom. The van der Waals surface area contributed by atoms with Gasteiger partial charge in [0.15, 0.2) is 5.78 Å². The molecule has 22 heavy (non-hydrogen) atoms. The monoisotopic (exact) mass is 351 g/mol. The average molecular weight is 351 g/mol. The lowest BCUT2D eigenvalue weighted by Crippen LogP contribution is -2.30. The van der Waals surface area contributed by atoms with E-state index in [2.05, 4.69) is 6.58 Å². The zero-order valence-corrected chi connectivity index (χ0v) is 14.6. The average Bonchev–Trinajstić information content (AvgIpc) is 2.48. The number of hydrogen-bond acceptors (Lipinski definition) is 6. The quantitative estimate of drug-likeness (QED) is 0.482. The van der Waals surface area contributed by atoms with Crippen molar-refractivity contribution >= 4 is 41.2 Å². The van der Waals surface area contributed by atoms with Gasteiger partial charge >= 0.3 is 11.9 Å². The molecular weight excluding hydrogens is 326 g/mol. The van der Waals surface area contributed by atoms with Crippen molar-refractivity contribution in [1.82, 2.24) is 0 Å². The smallest absolute Gasteiger partial charge is 0.320 e. The maximum Gasteiger partial charge on any atom is 0.320 e. The fourth-order valence-corrected chi connectivity index (χ4v) is 2.28. The molecule has 0 fully saturated rings. The van der Waals surface area contributed by atoms with Crippen molar-refractivity contribution in [2.24, 2.45) is 11.7 Å². The molecule has 0 saturated heterocycles. The van der Waals surface area contributed by atoms with Gasteiger partial charge in [0, 0.05) is 6.42 Å². The van der Waals surface area contributed by atoms with Crippen LogP contribution in [-0.4, -0.2) is 58.0 Å². The Morgan fingerprint density at radius 2 is 1.59 bits per heavy atom. The van der Waals surface area contributed by atoms with Crippen molar-refractivity contribution < 1.29 is 24.6 Å². The van der Waals surface area contributed by atoms with Gasteiger partial charge < -0.3 is 15.9 Å². The summed E-state index contributed by atoms with van der Waals surface area (Å²) in [5, 5.41) is 17.0. The van der Waals surface area contributed by atoms with Gasteiger partial charge in [-0.05, 0) is 42.9 Å². The molecule has 4 N–H and O–H groups in total. The maximum absolute atomic E-state index is 10.9. The zero-order valence-electron chi connectivity index (χ0n) is 13.0. The molecule has 0 unspecified atom stereocenters. The lowest BCUT2D eigenvalue weighted by Gasteiger charge is -2.08. The number of ketones is 1. The molecule has 0 aliphatic heterocycles. The van der Waals surface area contributed by atoms with E-state index in [1.807, 2.05) is 12.5 Å². The van der Waals surface area contributed by atoms with Gasteiger partial charge in [-0.15, -0.1) is 0 Å². The molecule has 0 aromatic rings. The van der Waals surface area contributed by atoms with Crippen molar-refractivity contribution in [2.45, 2.75) is 25.3 Å². The van der Waals surface area contributed by atoms with Crippen LogP contribution in [0.4, 0.5) is 0 Å². The summed E-state index contributed by atoms with van der Waals surface area (Å²) in [5.41, 5.74) is 5.19. The summed E-state index contributed by atoms with van der Waals surface area (Å²) in [4.78, 5) is 31.6. The first-order valence-corrected chi connectivity index (χ1v) is 9.43. The van der Waals surface area contributed by atoms with Crippen molar-refractivity contribution in [3.8, 4) is 0 Å². The van der Waals surface area contributed by atoms with E-state index in [0.29, 0.717) is 12.8 Å². The van der Waals surface area contributed by atoms with Crippen LogP contribution in [0.3, 0.4) is 0 Å². The molecule has 0 aromatic heterocycles. The van der Waals surface area contributed by atoms with Crippen molar-refractivity contribution in [1.29, 1.82) is 0 Å². The number of rotatable bonds is 11. The number of carbonyl (C=O) groups excluding carboxylic acids is 1. The van der Waals surface area contributed by atoms with Crippen LogP contribution in [0, 0.1) is 5.92 Å². The Bertz CT molecular complexity index is 363. The first-order valence-electron chi connectivity index (χ1n) is 6.64. The van der Waals surface area contributed by atoms with E-state index in [-0.39, 0.29) is 12.2 Å². The van der Waals surface area contributed by atoms with Gasteiger partial charge in [0.1, 0.15) is 6.04 Å². The second kappa shape index (κ2) is 14.9. The Labute approximate surface area is 139 Å². The largest absolute Gasteiger partial charge is 0.481 e. The number of carboxylic acids is 2. The van der Waals surface area contributed by atoms with Gasteiger partial charge in [-0.25, -0.2) is 0 Å². The van der Waals surface area contributed by atoms with Crippen LogP contribution in [0.2, 0.25) is 0 Å². The first-order chi connectivity index (χ1) is 10.3. The number of allylic oxidation sites excluding steroid dienone is 1. The summed E-state index contributed by atoms with van der Waals surface area (Å²) < 4.78 is 0. The third kappa shape index (κ3) is 14.0. The summed E-state index contributed by atoms with van der Waals surface area (Å²) in [6.45, 7) is 3.31. The molecule has 0 bridgehead atoms. The summed E-state index contributed by atoms with van der Waals surface area (Å²) in [6, 6.07) is -0.683. The topological polar surface area (TPSA) is 118 Å². The molecule has 0 radical (unpaired) electrons. The van der Waals surface area contributed by atoms with Crippen LogP contribution in [0.25, 0.3) is 0 Å². The van der Waals surface area contributed by atoms with E-state index in [9.17, 15) is 14.4 Å². The number of aliphatic carboxylic acids is 2. The van der Waals surface area contributed by atoms with Crippen LogP contribution >= 0.6 is 23.5 Å². The van der Waals surface area contributed by atoms with Gasteiger partial charge in [-0.1, -0.05) is 6.58 Å². The number of hydrogen-bond donors (Lipinski definition) is 3. The second-order valence-corrected chi connectivity index (χ2v) is 6.39. The van der Waals surface area contributed by atoms with Crippen LogP contribution in [-0.2, 0) is 14.4 Å². The number of thioether (sulfide) groups is 2. The van der Waals surface area contributed by atoms with Crippen LogP contribution in [0.15, 0.2) is 12.7 Å². The number of carboxylic acid groups (broad SMARTS) is 2. The molecule has 0 aromatic carbocycles. The molecule has 8 heteroatoms. The minimum Gasteiger partial charge on any atom is -0.481 e. The SMILES string of the molecule is C=CC(=O)C[C@@H](CCSC)C(=O)O.CSCC[C@H](N)C(=O)O. The lowest BCUT2D eigenvalue weighted by molar-refractivity contribution is -0.143. The van der Waals surface area contributed by atoms with E-state index >= 15 is 0 Å². The molecule has 0 rings (SSSR count). The molecule has 2 atom stereocenters. The third-order valence-electron chi connectivity index (χ3n) is 2.65. The highest BCUT2D eigenvalue weighted by atomic mass is 32.2. The second-order valence-electron chi connectivity index (χ2n) is 4.42. The van der Waals surface area contributed by atoms with E-state index in [1.54, 1.807) is 23.5 Å². The molecule has 0 spiro atoms. The highest BCUT2D eigenvalue weighted by molar-refractivity contribution is 7.98. The molecule has 128 valence electrons. The van der Waals surface area contributed by atoms with Crippen molar-refractivity contribution in [2.75, 3.05) is 24.0 Å². The molecule has 6 nitrogen and oxygen atoms in total. The summed E-state index contributed by atoms with van der Waals surface area (Å²) >= 11 is 3.19. The standard InChI is InChI=1S/C9H14O3S.C5H11NO2S/c1-3-8(10)6-7(9(11)12)4-5-13-2;1-9-3-2-4(6)5(7)8/h3,7H,1,4-6H2,2H3,(H,11,12);4H,2-3,6H2,1H3,(H,7,8)/t7-;4-/m10/s1. The molecular formula is C14H25NO5S2. The Morgan fingerprint density at radius 3 is 1.95 bits per heavy atom. The van der Waals surface area contributed by atoms with E-state index in [1.165, 1.54) is 6.08 Å². The van der Waals surface area contributed by atoms with Crippen molar-refractivity contribution in [3.63, 3.8) is 0 Å². The maximum atomic E-state index is 10.9. The zero-order chi connectivity index (χ0) is 17.5. The highest BCUT2D eigenvalue weighted by Crippen LogP contribution is 2.13. The van der Waals surface area contributed by atoms with Crippen LogP contribution < -0.4 is 5.73 Å². The fraction of sp³-hybridized carbons (Fsp3) is 0.643. The van der Waals surface area contributed by atoms with Gasteiger partial charge in [-0.2, -0.15) is 23.5 Å². The van der Waals surface area contributed by atoms with Gasteiger partial charge in [-0.3, -0.25) is 14.4 Å². The predicted molar refractivity (Wildman–Crippen MR) is 92.6 cm³/mol. The molecule has 0 amide bonds. The normalized spacial score (nSPS) is 12.5. The first kappa shape index (κ1) is 23.3. The molecule has 0 saturated carbocycles. The highest BCUT2D eigenvalue weighted by Gasteiger charge is 2.19. The lowest BCUT2D eigenvalue weighted by atomic mass is 10.00. The van der Waals surface area contributed by atoms with Crippen LogP contribution in [0.5, 0.6) is 0 Å². The molecule has 0 aliphatic rings. The summed E-state index contributed by atoms with van der Waals surface area (Å²) in [7, 11) is 0. The van der Waals surface area contributed by atoms with Crippen molar-refractivity contribution in [3.05, 3.63) is 12.7 Å². The Kier molecular flexibility index (Phi) is 15.8. The summed E-state index contributed by atoms with van der Waals surface area (Å²) in [5.74, 6) is -0.991. The number of carbonyl (C=O) groups is 3. The van der Waals surface area contributed by atoms with E-state index in [0.717, 1.165) is 11.5 Å². The minimum atomic E-state index is -0.913. The molecule has 0 aliphatic carbocycles. The Balaban J connectivity index is 0. The predicted octanol–water partition coefficient (Wildman–Crippen LogP) is 1.74.